The molecule has 0 unspecified atom stereocenters. The van der Waals surface area contributed by atoms with Crippen molar-refractivity contribution in [3.05, 3.63) is 28.2 Å². The molecule has 1 aromatic carbocycles. The monoisotopic (exact) mass is 377 g/mol. The summed E-state index contributed by atoms with van der Waals surface area (Å²) in [4.78, 5) is 0. The molecule has 4 saturated carbocycles. The Morgan fingerprint density at radius 2 is 1.78 bits per heavy atom. The molecule has 5 rings (SSSR count). The van der Waals surface area contributed by atoms with Gasteiger partial charge in [0.2, 0.25) is 0 Å². The zero-order valence-corrected chi connectivity index (χ0v) is 15.7. The van der Waals surface area contributed by atoms with E-state index in [0.717, 1.165) is 47.5 Å². The van der Waals surface area contributed by atoms with Gasteiger partial charge in [0.05, 0.1) is 6.61 Å². The Morgan fingerprint density at radius 1 is 1.13 bits per heavy atom. The third-order valence-corrected chi connectivity index (χ3v) is 6.67. The Balaban J connectivity index is 1.47. The molecule has 0 aromatic heterocycles. The minimum atomic E-state index is 0.416. The highest BCUT2D eigenvalue weighted by Crippen LogP contribution is 2.55. The van der Waals surface area contributed by atoms with Crippen molar-refractivity contribution in [1.82, 2.24) is 5.32 Å². The van der Waals surface area contributed by atoms with Crippen LogP contribution in [0.2, 0.25) is 0 Å². The summed E-state index contributed by atoms with van der Waals surface area (Å²) in [6, 6.07) is 6.41. The zero-order chi connectivity index (χ0) is 15.9. The summed E-state index contributed by atoms with van der Waals surface area (Å²) in [6.45, 7) is 3.89. The van der Waals surface area contributed by atoms with Crippen LogP contribution in [0.15, 0.2) is 22.7 Å². The van der Waals surface area contributed by atoms with Crippen molar-refractivity contribution in [1.29, 1.82) is 0 Å². The van der Waals surface area contributed by atoms with E-state index in [9.17, 15) is 0 Å². The highest BCUT2D eigenvalue weighted by atomic mass is 79.9. The second-order valence-electron chi connectivity index (χ2n) is 8.15. The summed E-state index contributed by atoms with van der Waals surface area (Å²) in [6.07, 6.45) is 9.76. The summed E-state index contributed by atoms with van der Waals surface area (Å²) in [5.41, 5.74) is 1.71. The molecule has 1 aromatic rings. The van der Waals surface area contributed by atoms with E-state index in [1.165, 1.54) is 44.1 Å². The van der Waals surface area contributed by atoms with E-state index in [2.05, 4.69) is 46.4 Å². The van der Waals surface area contributed by atoms with Crippen LogP contribution in [-0.4, -0.2) is 12.1 Å². The fourth-order valence-corrected chi connectivity index (χ4v) is 6.06. The van der Waals surface area contributed by atoms with E-state index in [4.69, 9.17) is 4.74 Å². The lowest BCUT2D eigenvalue weighted by atomic mass is 9.53. The van der Waals surface area contributed by atoms with Crippen LogP contribution in [0, 0.1) is 17.8 Å². The van der Waals surface area contributed by atoms with Crippen LogP contribution in [0.4, 0.5) is 0 Å². The maximum absolute atomic E-state index is 5.95. The molecule has 1 N–H and O–H groups in total. The maximum Gasteiger partial charge on any atom is 0.123 e. The van der Waals surface area contributed by atoms with Gasteiger partial charge in [0.1, 0.15) is 5.75 Å². The number of hydrogen-bond acceptors (Lipinski definition) is 2. The Bertz CT molecular complexity index is 535. The summed E-state index contributed by atoms with van der Waals surface area (Å²) in [7, 11) is 0. The molecule has 0 atom stereocenters. The van der Waals surface area contributed by atoms with Crippen molar-refractivity contribution in [2.24, 2.45) is 17.8 Å². The molecule has 3 heteroatoms. The molecular formula is C20H28BrNO. The molecule has 4 fully saturated rings. The smallest absolute Gasteiger partial charge is 0.123 e. The average molecular weight is 378 g/mol. The molecule has 23 heavy (non-hydrogen) atoms. The molecule has 2 nitrogen and oxygen atoms in total. The number of nitrogens with one attached hydrogen (secondary N) is 1. The van der Waals surface area contributed by atoms with Gasteiger partial charge in [0, 0.05) is 22.1 Å². The molecular weight excluding hydrogens is 350 g/mol. The number of rotatable bonds is 6. The van der Waals surface area contributed by atoms with Gasteiger partial charge in [0.15, 0.2) is 0 Å². The van der Waals surface area contributed by atoms with E-state index < -0.39 is 0 Å². The fraction of sp³-hybridized carbons (Fsp3) is 0.700. The van der Waals surface area contributed by atoms with Crippen molar-refractivity contribution in [2.75, 3.05) is 6.61 Å². The van der Waals surface area contributed by atoms with Crippen LogP contribution in [0.25, 0.3) is 0 Å². The zero-order valence-electron chi connectivity index (χ0n) is 14.1. The van der Waals surface area contributed by atoms with Crippen LogP contribution < -0.4 is 10.1 Å². The van der Waals surface area contributed by atoms with Gasteiger partial charge in [0.25, 0.3) is 0 Å². The first kappa shape index (κ1) is 16.0. The number of benzene rings is 1. The number of halogens is 1. The Hall–Kier alpha value is -0.540. The Kier molecular flexibility index (Phi) is 4.44. The quantitative estimate of drug-likeness (QED) is 0.726. The second-order valence-corrected chi connectivity index (χ2v) is 9.07. The first-order valence-corrected chi connectivity index (χ1v) is 10.1. The topological polar surface area (TPSA) is 21.3 Å². The van der Waals surface area contributed by atoms with Crippen LogP contribution >= 0.6 is 15.9 Å². The summed E-state index contributed by atoms with van der Waals surface area (Å²) >= 11 is 3.62. The molecule has 0 aliphatic heterocycles. The van der Waals surface area contributed by atoms with Crippen LogP contribution in [0.5, 0.6) is 5.75 Å². The van der Waals surface area contributed by atoms with E-state index >= 15 is 0 Å². The largest absolute Gasteiger partial charge is 0.493 e. The molecule has 126 valence electrons. The molecule has 0 saturated heterocycles. The summed E-state index contributed by atoms with van der Waals surface area (Å²) in [5.74, 6) is 4.03. The first-order chi connectivity index (χ1) is 11.2. The van der Waals surface area contributed by atoms with Gasteiger partial charge in [-0.15, -0.1) is 0 Å². The van der Waals surface area contributed by atoms with Gasteiger partial charge in [-0.2, -0.15) is 0 Å². The van der Waals surface area contributed by atoms with Crippen LogP contribution in [0.1, 0.15) is 57.4 Å². The maximum atomic E-state index is 5.95. The van der Waals surface area contributed by atoms with Gasteiger partial charge in [-0.1, -0.05) is 22.9 Å². The van der Waals surface area contributed by atoms with Crippen molar-refractivity contribution < 1.29 is 4.74 Å². The summed E-state index contributed by atoms with van der Waals surface area (Å²) in [5, 5.41) is 3.99. The third kappa shape index (κ3) is 3.32. The van der Waals surface area contributed by atoms with E-state index in [1.54, 1.807) is 0 Å². The van der Waals surface area contributed by atoms with E-state index in [1.807, 2.05) is 0 Å². The normalized spacial score (nSPS) is 34.8. The minimum absolute atomic E-state index is 0.416. The molecule has 0 heterocycles. The highest BCUT2D eigenvalue weighted by Gasteiger charge is 2.50. The van der Waals surface area contributed by atoms with Crippen LogP contribution in [-0.2, 0) is 6.54 Å². The lowest BCUT2D eigenvalue weighted by molar-refractivity contribution is -0.0206. The molecule has 4 aliphatic carbocycles. The lowest BCUT2D eigenvalue weighted by Crippen LogP contribution is -2.58. The highest BCUT2D eigenvalue weighted by molar-refractivity contribution is 9.10. The Morgan fingerprint density at radius 3 is 2.39 bits per heavy atom. The number of hydrogen-bond donors (Lipinski definition) is 1. The molecule has 0 amide bonds. The van der Waals surface area contributed by atoms with Gasteiger partial charge in [-0.05, 0) is 80.9 Å². The predicted octanol–water partition coefficient (Wildman–Crippen LogP) is 5.30. The van der Waals surface area contributed by atoms with Crippen molar-refractivity contribution in [2.45, 2.75) is 64.0 Å². The Labute approximate surface area is 148 Å². The molecule has 0 radical (unpaired) electrons. The predicted molar refractivity (Wildman–Crippen MR) is 97.7 cm³/mol. The molecule has 0 spiro atoms. The first-order valence-electron chi connectivity index (χ1n) is 9.32. The van der Waals surface area contributed by atoms with Crippen molar-refractivity contribution in [3.63, 3.8) is 0 Å². The fourth-order valence-electron chi connectivity index (χ4n) is 5.65. The third-order valence-electron chi connectivity index (χ3n) is 6.18. The van der Waals surface area contributed by atoms with E-state index in [0.29, 0.717) is 5.54 Å². The number of ether oxygens (including phenoxy) is 1. The SMILES string of the molecule is CCCOc1ccc(Br)cc1CNC12CC3CC(CC(C3)C1)C2. The van der Waals surface area contributed by atoms with Gasteiger partial charge < -0.3 is 10.1 Å². The lowest BCUT2D eigenvalue weighted by Gasteiger charge is -2.57. The van der Waals surface area contributed by atoms with Crippen molar-refractivity contribution in [3.8, 4) is 5.75 Å². The van der Waals surface area contributed by atoms with Gasteiger partial charge in [-0.3, -0.25) is 0 Å². The molecule has 4 bridgehead atoms. The summed E-state index contributed by atoms with van der Waals surface area (Å²) < 4.78 is 7.09. The molecule has 4 aliphatic rings. The van der Waals surface area contributed by atoms with Crippen molar-refractivity contribution >= 4 is 15.9 Å². The van der Waals surface area contributed by atoms with Gasteiger partial charge >= 0.3 is 0 Å². The van der Waals surface area contributed by atoms with E-state index in [-0.39, 0.29) is 0 Å². The second kappa shape index (κ2) is 6.40. The standard InChI is InChI=1S/C20H28BrNO/c1-2-5-23-19-4-3-18(21)9-17(19)13-22-20-10-14-6-15(11-20)8-16(7-14)12-20/h3-4,9,14-16,22H,2,5-8,10-13H2,1H3. The van der Waals surface area contributed by atoms with Gasteiger partial charge in [-0.25, -0.2) is 0 Å². The average Bonchev–Trinajstić information content (AvgIpc) is 2.51. The minimum Gasteiger partial charge on any atom is -0.493 e. The van der Waals surface area contributed by atoms with Crippen LogP contribution in [0.3, 0.4) is 0 Å².